The minimum absolute atomic E-state index is 0.00510. The van der Waals surface area contributed by atoms with Crippen LogP contribution in [0.5, 0.6) is 0 Å². The lowest BCUT2D eigenvalue weighted by Crippen LogP contribution is -2.51. The second kappa shape index (κ2) is 7.80. The SMILES string of the molecule is COCCC(C)NC(=O)C1(C(N)=S)CCCCCC1. The van der Waals surface area contributed by atoms with Crippen molar-refractivity contribution in [1.29, 1.82) is 0 Å². The molecule has 5 heteroatoms. The maximum absolute atomic E-state index is 12.6. The number of nitrogens with two attached hydrogens (primary N) is 1. The first-order valence-corrected chi connectivity index (χ1v) is 7.53. The summed E-state index contributed by atoms with van der Waals surface area (Å²) in [7, 11) is 1.66. The van der Waals surface area contributed by atoms with Crippen LogP contribution >= 0.6 is 12.2 Å². The number of rotatable bonds is 6. The molecule has 19 heavy (non-hydrogen) atoms. The molecule has 1 atom stereocenters. The lowest BCUT2D eigenvalue weighted by molar-refractivity contribution is -0.128. The Labute approximate surface area is 121 Å². The zero-order valence-electron chi connectivity index (χ0n) is 12.0. The van der Waals surface area contributed by atoms with Crippen LogP contribution < -0.4 is 11.1 Å². The van der Waals surface area contributed by atoms with Gasteiger partial charge in [0.25, 0.3) is 0 Å². The summed E-state index contributed by atoms with van der Waals surface area (Å²) >= 11 is 5.20. The van der Waals surface area contributed by atoms with Crippen molar-refractivity contribution in [3.05, 3.63) is 0 Å². The van der Waals surface area contributed by atoms with Gasteiger partial charge in [-0.2, -0.15) is 0 Å². The Morgan fingerprint density at radius 1 is 1.37 bits per heavy atom. The molecule has 4 nitrogen and oxygen atoms in total. The number of ether oxygens (including phenoxy) is 1. The van der Waals surface area contributed by atoms with E-state index in [1.165, 1.54) is 0 Å². The van der Waals surface area contributed by atoms with Crippen molar-refractivity contribution in [2.75, 3.05) is 13.7 Å². The van der Waals surface area contributed by atoms with E-state index in [9.17, 15) is 4.79 Å². The lowest BCUT2D eigenvalue weighted by Gasteiger charge is -2.31. The first-order chi connectivity index (χ1) is 9.03. The smallest absolute Gasteiger partial charge is 0.233 e. The van der Waals surface area contributed by atoms with Gasteiger partial charge in [0.15, 0.2) is 0 Å². The molecule has 110 valence electrons. The van der Waals surface area contributed by atoms with E-state index in [4.69, 9.17) is 22.7 Å². The topological polar surface area (TPSA) is 64.3 Å². The molecule has 0 bridgehead atoms. The maximum Gasteiger partial charge on any atom is 0.233 e. The van der Waals surface area contributed by atoms with Gasteiger partial charge in [-0.1, -0.05) is 37.9 Å². The quantitative estimate of drug-likeness (QED) is 0.580. The van der Waals surface area contributed by atoms with E-state index in [0.29, 0.717) is 11.6 Å². The van der Waals surface area contributed by atoms with Crippen molar-refractivity contribution in [2.45, 2.75) is 57.9 Å². The van der Waals surface area contributed by atoms with E-state index in [1.54, 1.807) is 7.11 Å². The van der Waals surface area contributed by atoms with Crippen molar-refractivity contribution in [3.8, 4) is 0 Å². The minimum Gasteiger partial charge on any atom is -0.392 e. The van der Waals surface area contributed by atoms with Gasteiger partial charge in [-0.05, 0) is 26.2 Å². The number of methoxy groups -OCH3 is 1. The van der Waals surface area contributed by atoms with E-state index in [-0.39, 0.29) is 11.9 Å². The van der Waals surface area contributed by atoms with Crippen LogP contribution in [0.1, 0.15) is 51.9 Å². The minimum atomic E-state index is -0.632. The summed E-state index contributed by atoms with van der Waals surface area (Å²) in [5, 5.41) is 3.05. The average molecular weight is 286 g/mol. The molecule has 1 fully saturated rings. The number of hydrogen-bond donors (Lipinski definition) is 2. The van der Waals surface area contributed by atoms with Gasteiger partial charge in [-0.15, -0.1) is 0 Å². The van der Waals surface area contributed by atoms with Crippen LogP contribution in [-0.4, -0.2) is 30.7 Å². The number of nitrogens with one attached hydrogen (secondary N) is 1. The van der Waals surface area contributed by atoms with Gasteiger partial charge in [0.05, 0.1) is 10.4 Å². The zero-order valence-corrected chi connectivity index (χ0v) is 12.9. The number of carbonyl (C=O) groups excluding carboxylic acids is 1. The molecule has 0 aromatic heterocycles. The Bertz CT molecular complexity index is 313. The lowest BCUT2D eigenvalue weighted by atomic mass is 9.79. The second-order valence-electron chi connectivity index (χ2n) is 5.52. The fourth-order valence-electron chi connectivity index (χ4n) is 2.65. The van der Waals surface area contributed by atoms with E-state index in [1.807, 2.05) is 6.92 Å². The van der Waals surface area contributed by atoms with Crippen LogP contribution in [0.2, 0.25) is 0 Å². The van der Waals surface area contributed by atoms with Crippen LogP contribution in [0.4, 0.5) is 0 Å². The molecule has 1 rings (SSSR count). The molecule has 0 aromatic rings. The fourth-order valence-corrected chi connectivity index (χ4v) is 2.94. The number of thiocarbonyl (C=S) groups is 1. The van der Waals surface area contributed by atoms with Gasteiger partial charge in [-0.3, -0.25) is 4.79 Å². The third-order valence-electron chi connectivity index (χ3n) is 4.00. The van der Waals surface area contributed by atoms with Crippen LogP contribution in [0, 0.1) is 5.41 Å². The number of amides is 1. The van der Waals surface area contributed by atoms with Crippen LogP contribution in [0.15, 0.2) is 0 Å². The largest absolute Gasteiger partial charge is 0.392 e. The molecule has 0 saturated heterocycles. The van der Waals surface area contributed by atoms with Gasteiger partial charge in [0.2, 0.25) is 5.91 Å². The standard InChI is InChI=1S/C14H26N2O2S/c1-11(7-10-18-2)16-13(17)14(12(15)19)8-5-3-4-6-9-14/h11H,3-10H2,1-2H3,(H2,15,19)(H,16,17). The van der Waals surface area contributed by atoms with Crippen LogP contribution in [-0.2, 0) is 9.53 Å². The van der Waals surface area contributed by atoms with Gasteiger partial charge < -0.3 is 15.8 Å². The van der Waals surface area contributed by atoms with E-state index in [2.05, 4.69) is 5.32 Å². The summed E-state index contributed by atoms with van der Waals surface area (Å²) in [4.78, 5) is 12.9. The molecule has 1 unspecified atom stereocenters. The normalized spacial score (nSPS) is 20.3. The second-order valence-corrected chi connectivity index (χ2v) is 5.96. The van der Waals surface area contributed by atoms with E-state index in [0.717, 1.165) is 44.9 Å². The van der Waals surface area contributed by atoms with Crippen LogP contribution in [0.3, 0.4) is 0 Å². The molecule has 0 heterocycles. The first-order valence-electron chi connectivity index (χ1n) is 7.13. The molecular weight excluding hydrogens is 260 g/mol. The third kappa shape index (κ3) is 4.42. The molecule has 3 N–H and O–H groups in total. The monoisotopic (exact) mass is 286 g/mol. The van der Waals surface area contributed by atoms with Crippen molar-refractivity contribution >= 4 is 23.1 Å². The molecule has 0 aliphatic heterocycles. The Morgan fingerprint density at radius 3 is 2.42 bits per heavy atom. The highest BCUT2D eigenvalue weighted by Crippen LogP contribution is 2.36. The van der Waals surface area contributed by atoms with E-state index >= 15 is 0 Å². The Hall–Kier alpha value is -0.680. The van der Waals surface area contributed by atoms with Crippen molar-refractivity contribution in [2.24, 2.45) is 11.1 Å². The fraction of sp³-hybridized carbons (Fsp3) is 0.857. The highest BCUT2D eigenvalue weighted by molar-refractivity contribution is 7.80. The molecule has 1 saturated carbocycles. The predicted molar refractivity (Wildman–Crippen MR) is 81.0 cm³/mol. The molecule has 1 aliphatic rings. The summed E-state index contributed by atoms with van der Waals surface area (Å²) in [5.41, 5.74) is 5.26. The first kappa shape index (κ1) is 16.4. The molecule has 0 aromatic carbocycles. The van der Waals surface area contributed by atoms with Crippen LogP contribution in [0.25, 0.3) is 0 Å². The zero-order chi connectivity index (χ0) is 14.3. The highest BCUT2D eigenvalue weighted by atomic mass is 32.1. The molecule has 1 aliphatic carbocycles. The number of hydrogen-bond acceptors (Lipinski definition) is 3. The van der Waals surface area contributed by atoms with Gasteiger partial charge in [-0.25, -0.2) is 0 Å². The molecule has 1 amide bonds. The highest BCUT2D eigenvalue weighted by Gasteiger charge is 2.41. The summed E-state index contributed by atoms with van der Waals surface area (Å²) in [6.45, 7) is 2.63. The average Bonchev–Trinajstić information content (AvgIpc) is 2.62. The summed E-state index contributed by atoms with van der Waals surface area (Å²) in [5.74, 6) is 0.00510. The third-order valence-corrected chi connectivity index (χ3v) is 4.39. The van der Waals surface area contributed by atoms with E-state index < -0.39 is 5.41 Å². The molecule has 0 spiro atoms. The Kier molecular flexibility index (Phi) is 6.72. The van der Waals surface area contributed by atoms with Crippen molar-refractivity contribution < 1.29 is 9.53 Å². The number of carbonyl (C=O) groups is 1. The van der Waals surface area contributed by atoms with Crippen molar-refractivity contribution in [3.63, 3.8) is 0 Å². The van der Waals surface area contributed by atoms with Gasteiger partial charge in [0, 0.05) is 19.8 Å². The maximum atomic E-state index is 12.6. The van der Waals surface area contributed by atoms with Crippen molar-refractivity contribution in [1.82, 2.24) is 5.32 Å². The summed E-state index contributed by atoms with van der Waals surface area (Å²) in [6, 6.07) is 0.0851. The van der Waals surface area contributed by atoms with Gasteiger partial charge >= 0.3 is 0 Å². The summed E-state index contributed by atoms with van der Waals surface area (Å²) < 4.78 is 5.03. The van der Waals surface area contributed by atoms with Gasteiger partial charge in [0.1, 0.15) is 0 Å². The summed E-state index contributed by atoms with van der Waals surface area (Å²) in [6.07, 6.45) is 6.74. The predicted octanol–water partition coefficient (Wildman–Crippen LogP) is 2.15. The Balaban J connectivity index is 2.69. The molecular formula is C14H26N2O2S. The Morgan fingerprint density at radius 2 is 1.95 bits per heavy atom. The molecule has 0 radical (unpaired) electrons.